The molecule has 7 nitrogen and oxygen atoms in total. The number of ether oxygens (including phenoxy) is 1. The van der Waals surface area contributed by atoms with Gasteiger partial charge in [-0.15, -0.1) is 0 Å². The first-order chi connectivity index (χ1) is 10.3. The Kier molecular flexibility index (Phi) is 4.63. The van der Waals surface area contributed by atoms with Gasteiger partial charge < -0.3 is 14.5 Å². The monoisotopic (exact) mass is 306 g/mol. The van der Waals surface area contributed by atoms with E-state index in [1.165, 1.54) is 18.6 Å². The van der Waals surface area contributed by atoms with Gasteiger partial charge in [-0.2, -0.15) is 0 Å². The molecule has 0 saturated carbocycles. The zero-order chi connectivity index (χ0) is 16.3. The van der Waals surface area contributed by atoms with Gasteiger partial charge in [-0.1, -0.05) is 0 Å². The number of aromatic nitrogens is 2. The van der Waals surface area contributed by atoms with Crippen LogP contribution in [-0.2, 0) is 4.74 Å². The lowest BCUT2D eigenvalue weighted by Crippen LogP contribution is -2.56. The van der Waals surface area contributed by atoms with Crippen molar-refractivity contribution in [3.8, 4) is 0 Å². The van der Waals surface area contributed by atoms with Crippen LogP contribution in [0.1, 0.15) is 38.2 Å². The van der Waals surface area contributed by atoms with Crippen molar-refractivity contribution in [2.75, 3.05) is 19.6 Å². The van der Waals surface area contributed by atoms with Gasteiger partial charge in [-0.25, -0.2) is 9.78 Å². The van der Waals surface area contributed by atoms with Gasteiger partial charge in [0.15, 0.2) is 0 Å². The SMILES string of the molecule is CC1CN(C(=O)OC(C)(C)C)CCN1C(=O)c1cnccn1. The number of hydrogen-bond donors (Lipinski definition) is 0. The summed E-state index contributed by atoms with van der Waals surface area (Å²) in [5, 5.41) is 0. The first kappa shape index (κ1) is 16.2. The van der Waals surface area contributed by atoms with Crippen LogP contribution in [-0.4, -0.2) is 63.0 Å². The molecule has 22 heavy (non-hydrogen) atoms. The lowest BCUT2D eigenvalue weighted by molar-refractivity contribution is 0.00605. The molecular formula is C15H22N4O3. The molecule has 7 heteroatoms. The fourth-order valence-corrected chi connectivity index (χ4v) is 2.31. The quantitative estimate of drug-likeness (QED) is 0.787. The molecule has 0 aliphatic carbocycles. The molecule has 0 radical (unpaired) electrons. The number of amides is 2. The van der Waals surface area contributed by atoms with E-state index < -0.39 is 5.60 Å². The summed E-state index contributed by atoms with van der Waals surface area (Å²) < 4.78 is 5.37. The minimum atomic E-state index is -0.521. The number of piperazine rings is 1. The fraction of sp³-hybridized carbons (Fsp3) is 0.600. The van der Waals surface area contributed by atoms with E-state index in [1.807, 2.05) is 27.7 Å². The Hall–Kier alpha value is -2.18. The van der Waals surface area contributed by atoms with Crippen LogP contribution in [0.5, 0.6) is 0 Å². The molecule has 2 rings (SSSR count). The van der Waals surface area contributed by atoms with Gasteiger partial charge in [0.1, 0.15) is 11.3 Å². The van der Waals surface area contributed by atoms with Crippen LogP contribution >= 0.6 is 0 Å². The maximum Gasteiger partial charge on any atom is 0.410 e. The molecule has 1 aromatic rings. The van der Waals surface area contributed by atoms with Crippen LogP contribution in [0, 0.1) is 0 Å². The summed E-state index contributed by atoms with van der Waals surface area (Å²) in [6.45, 7) is 8.76. The molecule has 0 N–H and O–H groups in total. The first-order valence-corrected chi connectivity index (χ1v) is 7.33. The zero-order valence-corrected chi connectivity index (χ0v) is 13.4. The zero-order valence-electron chi connectivity index (χ0n) is 13.4. The van der Waals surface area contributed by atoms with E-state index in [0.717, 1.165) is 0 Å². The van der Waals surface area contributed by atoms with Crippen molar-refractivity contribution in [3.05, 3.63) is 24.3 Å². The van der Waals surface area contributed by atoms with Gasteiger partial charge in [0, 0.05) is 38.1 Å². The Balaban J connectivity index is 1.98. The Morgan fingerprint density at radius 3 is 2.55 bits per heavy atom. The average molecular weight is 306 g/mol. The number of nitrogens with zero attached hydrogens (tertiary/aromatic N) is 4. The van der Waals surface area contributed by atoms with Gasteiger partial charge in [0.25, 0.3) is 5.91 Å². The highest BCUT2D eigenvalue weighted by Crippen LogP contribution is 2.16. The lowest BCUT2D eigenvalue weighted by Gasteiger charge is -2.39. The minimum absolute atomic E-state index is 0.101. The number of rotatable bonds is 1. The van der Waals surface area contributed by atoms with Crippen LogP contribution in [0.3, 0.4) is 0 Å². The van der Waals surface area contributed by atoms with Crippen molar-refractivity contribution in [2.45, 2.75) is 39.3 Å². The Bertz CT molecular complexity index is 541. The summed E-state index contributed by atoms with van der Waals surface area (Å²) in [7, 11) is 0. The van der Waals surface area contributed by atoms with Crippen molar-refractivity contribution in [1.82, 2.24) is 19.8 Å². The maximum absolute atomic E-state index is 12.4. The van der Waals surface area contributed by atoms with Gasteiger partial charge >= 0.3 is 6.09 Å². The van der Waals surface area contributed by atoms with Crippen molar-refractivity contribution >= 4 is 12.0 Å². The molecule has 1 aliphatic heterocycles. The topological polar surface area (TPSA) is 75.6 Å². The molecule has 1 saturated heterocycles. The first-order valence-electron chi connectivity index (χ1n) is 7.33. The van der Waals surface area contributed by atoms with Gasteiger partial charge in [-0.05, 0) is 27.7 Å². The Morgan fingerprint density at radius 1 is 1.27 bits per heavy atom. The summed E-state index contributed by atoms with van der Waals surface area (Å²) in [5.74, 6) is -0.163. The van der Waals surface area contributed by atoms with E-state index in [2.05, 4.69) is 9.97 Å². The summed E-state index contributed by atoms with van der Waals surface area (Å²) in [4.78, 5) is 35.8. The van der Waals surface area contributed by atoms with Crippen molar-refractivity contribution < 1.29 is 14.3 Å². The normalized spacial score (nSPS) is 19.0. The molecule has 0 aromatic carbocycles. The van der Waals surface area contributed by atoms with Crippen LogP contribution in [0.4, 0.5) is 4.79 Å². The summed E-state index contributed by atoms with van der Waals surface area (Å²) in [5.41, 5.74) is -0.201. The summed E-state index contributed by atoms with van der Waals surface area (Å²) in [6, 6.07) is -0.101. The molecule has 1 aliphatic rings. The molecule has 1 fully saturated rings. The second-order valence-electron chi connectivity index (χ2n) is 6.36. The Labute approximate surface area is 130 Å². The highest BCUT2D eigenvalue weighted by atomic mass is 16.6. The second kappa shape index (κ2) is 6.29. The van der Waals surface area contributed by atoms with Crippen molar-refractivity contribution in [3.63, 3.8) is 0 Å². The molecule has 1 atom stereocenters. The van der Waals surface area contributed by atoms with E-state index >= 15 is 0 Å². The number of carbonyl (C=O) groups is 2. The van der Waals surface area contributed by atoms with Crippen LogP contribution < -0.4 is 0 Å². The predicted octanol–water partition coefficient (Wildman–Crippen LogP) is 1.56. The van der Waals surface area contributed by atoms with Crippen molar-refractivity contribution in [2.24, 2.45) is 0 Å². The van der Waals surface area contributed by atoms with Crippen molar-refractivity contribution in [1.29, 1.82) is 0 Å². The second-order valence-corrected chi connectivity index (χ2v) is 6.36. The smallest absolute Gasteiger partial charge is 0.410 e. The van der Waals surface area contributed by atoms with Crippen LogP contribution in [0.2, 0.25) is 0 Å². The number of carbonyl (C=O) groups excluding carboxylic acids is 2. The van der Waals surface area contributed by atoms with Crippen LogP contribution in [0.15, 0.2) is 18.6 Å². The van der Waals surface area contributed by atoms with Gasteiger partial charge in [-0.3, -0.25) is 9.78 Å². The predicted molar refractivity (Wildman–Crippen MR) is 80.3 cm³/mol. The van der Waals surface area contributed by atoms with Crippen LogP contribution in [0.25, 0.3) is 0 Å². The highest BCUT2D eigenvalue weighted by molar-refractivity contribution is 5.92. The van der Waals surface area contributed by atoms with E-state index in [-0.39, 0.29) is 18.0 Å². The van der Waals surface area contributed by atoms with E-state index in [9.17, 15) is 9.59 Å². The largest absolute Gasteiger partial charge is 0.444 e. The third-order valence-corrected chi connectivity index (χ3v) is 3.32. The van der Waals surface area contributed by atoms with Gasteiger partial charge in [0.2, 0.25) is 0 Å². The number of hydrogen-bond acceptors (Lipinski definition) is 5. The molecule has 0 spiro atoms. The Morgan fingerprint density at radius 2 is 2.00 bits per heavy atom. The molecule has 1 unspecified atom stereocenters. The van der Waals surface area contributed by atoms with Gasteiger partial charge in [0.05, 0.1) is 6.20 Å². The van der Waals surface area contributed by atoms with E-state index in [4.69, 9.17) is 4.74 Å². The molecule has 2 amide bonds. The van der Waals surface area contributed by atoms with E-state index in [1.54, 1.807) is 9.80 Å². The molecule has 120 valence electrons. The lowest BCUT2D eigenvalue weighted by atomic mass is 10.1. The standard InChI is InChI=1S/C15H22N4O3/c1-11-10-18(14(21)22-15(2,3)4)7-8-19(11)13(20)12-9-16-5-6-17-12/h5-6,9,11H,7-8,10H2,1-4H3. The maximum atomic E-state index is 12.4. The molecule has 2 heterocycles. The van der Waals surface area contributed by atoms with E-state index in [0.29, 0.717) is 25.3 Å². The molecular weight excluding hydrogens is 284 g/mol. The average Bonchev–Trinajstić information content (AvgIpc) is 2.45. The minimum Gasteiger partial charge on any atom is -0.444 e. The fourth-order valence-electron chi connectivity index (χ4n) is 2.31. The summed E-state index contributed by atoms with van der Waals surface area (Å²) in [6.07, 6.45) is 4.14. The third kappa shape index (κ3) is 3.93. The summed E-state index contributed by atoms with van der Waals surface area (Å²) >= 11 is 0. The molecule has 1 aromatic heterocycles. The molecule has 0 bridgehead atoms. The third-order valence-electron chi connectivity index (χ3n) is 3.32. The highest BCUT2D eigenvalue weighted by Gasteiger charge is 2.32.